The van der Waals surface area contributed by atoms with Gasteiger partial charge < -0.3 is 10.5 Å². The zero-order valence-electron chi connectivity index (χ0n) is 9.05. The monoisotopic (exact) mass is 245 g/mol. The summed E-state index contributed by atoms with van der Waals surface area (Å²) < 4.78 is 4.53. The number of thioether (sulfide) groups is 1. The van der Waals surface area contributed by atoms with Crippen molar-refractivity contribution in [3.63, 3.8) is 0 Å². The van der Waals surface area contributed by atoms with Gasteiger partial charge in [0.15, 0.2) is 0 Å². The lowest BCUT2D eigenvalue weighted by Gasteiger charge is -2.07. The average molecular weight is 245 g/mol. The predicted molar refractivity (Wildman–Crippen MR) is 58.7 cm³/mol. The summed E-state index contributed by atoms with van der Waals surface area (Å²) in [5.74, 6) is 0.527. The van der Waals surface area contributed by atoms with Crippen LogP contribution in [0.3, 0.4) is 0 Å². The second-order valence-corrected chi connectivity index (χ2v) is 4.23. The smallest absolute Gasteiger partial charge is 0.322 e. The molecule has 0 aliphatic rings. The first-order valence-corrected chi connectivity index (χ1v) is 5.92. The van der Waals surface area contributed by atoms with Crippen molar-refractivity contribution in [3.05, 3.63) is 0 Å². The average Bonchev–Trinajstić information content (AvgIpc) is 2.80. The third kappa shape index (κ3) is 4.58. The van der Waals surface area contributed by atoms with E-state index in [0.717, 1.165) is 18.6 Å². The van der Waals surface area contributed by atoms with Crippen LogP contribution in [0.25, 0.3) is 0 Å². The van der Waals surface area contributed by atoms with E-state index < -0.39 is 6.04 Å². The van der Waals surface area contributed by atoms with Gasteiger partial charge in [-0.1, -0.05) is 18.2 Å². The fraction of sp³-hybridized carbons (Fsp3) is 0.750. The van der Waals surface area contributed by atoms with Crippen molar-refractivity contribution in [1.29, 1.82) is 0 Å². The molecule has 3 N–H and O–H groups in total. The highest BCUT2D eigenvalue weighted by atomic mass is 32.2. The number of unbranched alkanes of at least 4 members (excludes halogenated alkanes) is 1. The van der Waals surface area contributed by atoms with Crippen LogP contribution in [0.4, 0.5) is 0 Å². The molecule has 0 bridgehead atoms. The third-order valence-corrected chi connectivity index (χ3v) is 2.89. The van der Waals surface area contributed by atoms with E-state index in [0.29, 0.717) is 11.6 Å². The normalized spacial score (nSPS) is 12.4. The van der Waals surface area contributed by atoms with E-state index in [1.54, 1.807) is 0 Å². The molecule has 1 unspecified atom stereocenters. The number of nitrogens with two attached hydrogens (primary N) is 1. The number of nitrogens with one attached hydrogen (secondary N) is 1. The zero-order chi connectivity index (χ0) is 11.8. The first kappa shape index (κ1) is 12.9. The number of tetrazole rings is 1. The summed E-state index contributed by atoms with van der Waals surface area (Å²) >= 11 is 1.52. The van der Waals surface area contributed by atoms with Crippen molar-refractivity contribution in [2.45, 2.75) is 30.5 Å². The number of hydrogen-bond acceptors (Lipinski definition) is 7. The Morgan fingerprint density at radius 1 is 1.62 bits per heavy atom. The summed E-state index contributed by atoms with van der Waals surface area (Å²) in [5, 5.41) is 14.1. The number of esters is 1. The van der Waals surface area contributed by atoms with Gasteiger partial charge in [0.1, 0.15) is 6.04 Å². The van der Waals surface area contributed by atoms with E-state index in [9.17, 15) is 4.79 Å². The van der Waals surface area contributed by atoms with Crippen molar-refractivity contribution in [2.24, 2.45) is 5.73 Å². The van der Waals surface area contributed by atoms with Gasteiger partial charge in [0.05, 0.1) is 7.11 Å². The van der Waals surface area contributed by atoms with E-state index >= 15 is 0 Å². The third-order valence-electron chi connectivity index (χ3n) is 1.97. The fourth-order valence-electron chi connectivity index (χ4n) is 1.11. The van der Waals surface area contributed by atoms with Crippen molar-refractivity contribution < 1.29 is 9.53 Å². The molecule has 0 amide bonds. The molecule has 1 rings (SSSR count). The minimum Gasteiger partial charge on any atom is -0.468 e. The molecule has 0 saturated heterocycles. The Labute approximate surface area is 97.5 Å². The van der Waals surface area contributed by atoms with E-state index in [1.807, 2.05) is 0 Å². The fourth-order valence-corrected chi connectivity index (χ4v) is 1.85. The van der Waals surface area contributed by atoms with Crippen LogP contribution in [0.1, 0.15) is 19.3 Å². The number of H-pyrrole nitrogens is 1. The first-order valence-electron chi connectivity index (χ1n) is 4.93. The Morgan fingerprint density at radius 3 is 3.06 bits per heavy atom. The summed E-state index contributed by atoms with van der Waals surface area (Å²) in [4.78, 5) is 11.0. The molecule has 90 valence electrons. The largest absolute Gasteiger partial charge is 0.468 e. The SMILES string of the molecule is COC(=O)C(N)CCCCSc1nn[nH]n1. The van der Waals surface area contributed by atoms with Gasteiger partial charge in [-0.2, -0.15) is 5.21 Å². The number of ether oxygens (including phenoxy) is 1. The molecule has 16 heavy (non-hydrogen) atoms. The van der Waals surface area contributed by atoms with Crippen LogP contribution in [0, 0.1) is 0 Å². The standard InChI is InChI=1S/C8H15N5O2S/c1-15-7(14)6(9)4-2-3-5-16-8-10-12-13-11-8/h6H,2-5,9H2,1H3,(H,10,11,12,13). The molecule has 1 heterocycles. The van der Waals surface area contributed by atoms with E-state index in [-0.39, 0.29) is 5.97 Å². The summed E-state index contributed by atoms with van der Waals surface area (Å²) in [7, 11) is 1.34. The Kier molecular flexibility index (Phi) is 5.79. The van der Waals surface area contributed by atoms with Crippen LogP contribution >= 0.6 is 11.8 Å². The van der Waals surface area contributed by atoms with Crippen LogP contribution < -0.4 is 5.73 Å². The van der Waals surface area contributed by atoms with Crippen molar-refractivity contribution in [2.75, 3.05) is 12.9 Å². The predicted octanol–water partition coefficient (Wildman–Crippen LogP) is -0.0376. The number of aromatic nitrogens is 4. The molecule has 0 fully saturated rings. The van der Waals surface area contributed by atoms with Crippen molar-refractivity contribution in [3.8, 4) is 0 Å². The highest BCUT2D eigenvalue weighted by Gasteiger charge is 2.12. The number of carbonyl (C=O) groups excluding carboxylic acids is 1. The number of rotatable bonds is 7. The molecule has 0 aliphatic carbocycles. The van der Waals surface area contributed by atoms with Crippen LogP contribution in [0.15, 0.2) is 5.16 Å². The second-order valence-electron chi connectivity index (χ2n) is 3.17. The van der Waals surface area contributed by atoms with Crippen molar-refractivity contribution >= 4 is 17.7 Å². The lowest BCUT2D eigenvalue weighted by Crippen LogP contribution is -2.31. The summed E-state index contributed by atoms with van der Waals surface area (Å²) in [5.41, 5.74) is 5.58. The van der Waals surface area contributed by atoms with Gasteiger partial charge in [0.25, 0.3) is 0 Å². The molecular formula is C8H15N5O2S. The van der Waals surface area contributed by atoms with Crippen LogP contribution in [-0.2, 0) is 9.53 Å². The number of aromatic amines is 1. The van der Waals surface area contributed by atoms with Crippen LogP contribution in [0.2, 0.25) is 0 Å². The van der Waals surface area contributed by atoms with Gasteiger partial charge >= 0.3 is 5.97 Å². The van der Waals surface area contributed by atoms with Crippen LogP contribution in [-0.4, -0.2) is 45.5 Å². The molecule has 1 atom stereocenters. The molecule has 1 aromatic rings. The maximum atomic E-state index is 11.0. The molecule has 0 aliphatic heterocycles. The van der Waals surface area contributed by atoms with Crippen molar-refractivity contribution in [1.82, 2.24) is 20.6 Å². The molecule has 0 aromatic carbocycles. The molecule has 0 radical (unpaired) electrons. The maximum Gasteiger partial charge on any atom is 0.322 e. The molecule has 0 saturated carbocycles. The highest BCUT2D eigenvalue weighted by molar-refractivity contribution is 7.99. The molecule has 8 heteroatoms. The molecule has 1 aromatic heterocycles. The minimum atomic E-state index is -0.514. The topological polar surface area (TPSA) is 107 Å². The Morgan fingerprint density at radius 2 is 2.44 bits per heavy atom. The summed E-state index contributed by atoms with van der Waals surface area (Å²) in [6.45, 7) is 0. The van der Waals surface area contributed by atoms with Gasteiger partial charge in [-0.25, -0.2) is 0 Å². The van der Waals surface area contributed by atoms with Crippen LogP contribution in [0.5, 0.6) is 0 Å². The Balaban J connectivity index is 2.02. The van der Waals surface area contributed by atoms with Gasteiger partial charge in [-0.3, -0.25) is 4.79 Å². The lowest BCUT2D eigenvalue weighted by atomic mass is 10.1. The minimum absolute atomic E-state index is 0.356. The number of nitrogens with zero attached hydrogens (tertiary/aromatic N) is 3. The van der Waals surface area contributed by atoms with E-state index in [1.165, 1.54) is 18.9 Å². The number of hydrogen-bond donors (Lipinski definition) is 2. The first-order chi connectivity index (χ1) is 7.74. The summed E-state index contributed by atoms with van der Waals surface area (Å²) in [6, 6.07) is -0.514. The lowest BCUT2D eigenvalue weighted by molar-refractivity contribution is -0.142. The van der Waals surface area contributed by atoms with E-state index in [2.05, 4.69) is 25.4 Å². The Hall–Kier alpha value is -1.15. The number of carbonyl (C=O) groups is 1. The number of methoxy groups -OCH3 is 1. The van der Waals surface area contributed by atoms with Gasteiger partial charge in [0.2, 0.25) is 5.16 Å². The van der Waals surface area contributed by atoms with Gasteiger partial charge in [-0.15, -0.1) is 10.2 Å². The maximum absolute atomic E-state index is 11.0. The zero-order valence-corrected chi connectivity index (χ0v) is 9.87. The molecule has 7 nitrogen and oxygen atoms in total. The Bertz CT molecular complexity index is 305. The summed E-state index contributed by atoms with van der Waals surface area (Å²) in [6.07, 6.45) is 2.46. The molecular weight excluding hydrogens is 230 g/mol. The highest BCUT2D eigenvalue weighted by Crippen LogP contribution is 2.13. The van der Waals surface area contributed by atoms with Gasteiger partial charge in [-0.05, 0) is 18.1 Å². The van der Waals surface area contributed by atoms with Gasteiger partial charge in [0, 0.05) is 5.75 Å². The quantitative estimate of drug-likeness (QED) is 0.394. The molecule has 0 spiro atoms. The van der Waals surface area contributed by atoms with E-state index in [4.69, 9.17) is 5.73 Å². The second kappa shape index (κ2) is 7.18.